The van der Waals surface area contributed by atoms with Crippen LogP contribution in [0.25, 0.3) is 0 Å². The summed E-state index contributed by atoms with van der Waals surface area (Å²) in [5.74, 6) is 0.809. The fraction of sp³-hybridized carbons (Fsp3) is 0.500. The Morgan fingerprint density at radius 1 is 1.29 bits per heavy atom. The van der Waals surface area contributed by atoms with Gasteiger partial charge >= 0.3 is 0 Å². The highest BCUT2D eigenvalue weighted by atomic mass is 16.6. The molecule has 1 atom stereocenters. The summed E-state index contributed by atoms with van der Waals surface area (Å²) in [7, 11) is 0. The molecule has 1 rings (SSSR count). The highest BCUT2D eigenvalue weighted by Gasteiger charge is 2.06. The van der Waals surface area contributed by atoms with Crippen molar-refractivity contribution in [2.75, 3.05) is 0 Å². The van der Waals surface area contributed by atoms with Gasteiger partial charge in [0.2, 0.25) is 0 Å². The van der Waals surface area contributed by atoms with E-state index in [1.807, 2.05) is 31.2 Å². The number of rotatable bonds is 5. The summed E-state index contributed by atoms with van der Waals surface area (Å²) in [5.41, 5.74) is 1.17. The molecule has 2 heteroatoms. The van der Waals surface area contributed by atoms with Crippen LogP contribution in [0.15, 0.2) is 24.3 Å². The van der Waals surface area contributed by atoms with Gasteiger partial charge in [0.25, 0.3) is 0 Å². The maximum atomic E-state index is 9.38. The monoisotopic (exact) mass is 194 g/mol. The van der Waals surface area contributed by atoms with Gasteiger partial charge in [0.15, 0.2) is 6.29 Å². The summed E-state index contributed by atoms with van der Waals surface area (Å²) in [6.45, 7) is 4.03. The highest BCUT2D eigenvalue weighted by molar-refractivity contribution is 5.33. The van der Waals surface area contributed by atoms with Crippen molar-refractivity contribution in [3.63, 3.8) is 0 Å². The van der Waals surface area contributed by atoms with Crippen LogP contribution in [0, 0.1) is 0 Å². The van der Waals surface area contributed by atoms with Crippen molar-refractivity contribution < 1.29 is 9.84 Å². The Labute approximate surface area is 85.5 Å². The Morgan fingerprint density at radius 2 is 2.00 bits per heavy atom. The van der Waals surface area contributed by atoms with Crippen molar-refractivity contribution in [3.8, 4) is 5.75 Å². The number of hydrogen-bond acceptors (Lipinski definition) is 2. The molecule has 2 nitrogen and oxygen atoms in total. The summed E-state index contributed by atoms with van der Waals surface area (Å²) in [4.78, 5) is 0. The minimum Gasteiger partial charge on any atom is -0.465 e. The normalized spacial score (nSPS) is 12.5. The molecule has 0 saturated carbocycles. The van der Waals surface area contributed by atoms with Crippen LogP contribution in [0.5, 0.6) is 5.75 Å². The zero-order valence-corrected chi connectivity index (χ0v) is 8.86. The molecule has 1 aromatic carbocycles. The number of para-hydroxylation sites is 1. The molecule has 0 aromatic heterocycles. The highest BCUT2D eigenvalue weighted by Crippen LogP contribution is 2.20. The average Bonchev–Trinajstić information content (AvgIpc) is 2.21. The first-order valence-corrected chi connectivity index (χ1v) is 5.20. The average molecular weight is 194 g/mol. The Kier molecular flexibility index (Phi) is 4.47. The Morgan fingerprint density at radius 3 is 2.64 bits per heavy atom. The van der Waals surface area contributed by atoms with E-state index in [2.05, 4.69) is 6.92 Å². The van der Waals surface area contributed by atoms with Crippen molar-refractivity contribution >= 4 is 0 Å². The van der Waals surface area contributed by atoms with Crippen molar-refractivity contribution in [2.24, 2.45) is 0 Å². The lowest BCUT2D eigenvalue weighted by Crippen LogP contribution is -2.14. The maximum Gasteiger partial charge on any atom is 0.197 e. The summed E-state index contributed by atoms with van der Waals surface area (Å²) in [6.07, 6.45) is 2.00. The van der Waals surface area contributed by atoms with E-state index in [1.165, 1.54) is 5.56 Å². The topological polar surface area (TPSA) is 29.5 Å². The molecule has 0 radical (unpaired) electrons. The summed E-state index contributed by atoms with van der Waals surface area (Å²) < 4.78 is 5.40. The third kappa shape index (κ3) is 3.04. The number of ether oxygens (including phenoxy) is 1. The van der Waals surface area contributed by atoms with E-state index >= 15 is 0 Å². The quantitative estimate of drug-likeness (QED) is 0.730. The predicted octanol–water partition coefficient (Wildman–Crippen LogP) is 2.75. The van der Waals surface area contributed by atoms with Crippen LogP contribution in [0.1, 0.15) is 32.3 Å². The number of benzene rings is 1. The smallest absolute Gasteiger partial charge is 0.197 e. The molecule has 1 unspecified atom stereocenters. The number of hydrogen-bond donors (Lipinski definition) is 1. The second-order valence-electron chi connectivity index (χ2n) is 3.34. The molecular formula is C12H18O2. The van der Waals surface area contributed by atoms with Crippen molar-refractivity contribution in [1.82, 2.24) is 0 Å². The largest absolute Gasteiger partial charge is 0.465 e. The molecule has 0 aliphatic heterocycles. The summed E-state index contributed by atoms with van der Waals surface area (Å²) in [6, 6.07) is 7.87. The Balaban J connectivity index is 2.73. The second-order valence-corrected chi connectivity index (χ2v) is 3.34. The van der Waals surface area contributed by atoms with E-state index in [9.17, 15) is 5.11 Å². The van der Waals surface area contributed by atoms with Gasteiger partial charge in [-0.1, -0.05) is 38.5 Å². The first kappa shape index (κ1) is 11.1. The minimum absolute atomic E-state index is 0.612. The molecule has 0 aliphatic carbocycles. The minimum atomic E-state index is -0.687. The van der Waals surface area contributed by atoms with Crippen LogP contribution in [-0.4, -0.2) is 11.4 Å². The maximum absolute atomic E-state index is 9.38. The van der Waals surface area contributed by atoms with Gasteiger partial charge in [-0.25, -0.2) is 0 Å². The van der Waals surface area contributed by atoms with Gasteiger partial charge in [-0.2, -0.15) is 0 Å². The van der Waals surface area contributed by atoms with E-state index in [0.717, 1.165) is 18.6 Å². The fourth-order valence-corrected chi connectivity index (χ4v) is 1.32. The number of aliphatic hydroxyl groups excluding tert-OH is 1. The molecule has 0 spiro atoms. The summed E-state index contributed by atoms with van der Waals surface area (Å²) in [5, 5.41) is 9.38. The zero-order valence-electron chi connectivity index (χ0n) is 8.86. The van der Waals surface area contributed by atoms with E-state index in [4.69, 9.17) is 4.74 Å². The lowest BCUT2D eigenvalue weighted by atomic mass is 10.1. The molecule has 0 heterocycles. The second kappa shape index (κ2) is 5.66. The SMILES string of the molecule is CCCc1ccccc1OC(O)CC. The third-order valence-corrected chi connectivity index (χ3v) is 2.10. The molecule has 1 aromatic rings. The van der Waals surface area contributed by atoms with Crippen molar-refractivity contribution in [3.05, 3.63) is 29.8 Å². The van der Waals surface area contributed by atoms with Gasteiger partial charge in [-0.3, -0.25) is 0 Å². The van der Waals surface area contributed by atoms with Crippen LogP contribution < -0.4 is 4.74 Å². The summed E-state index contributed by atoms with van der Waals surface area (Å²) >= 11 is 0. The Hall–Kier alpha value is -1.02. The zero-order chi connectivity index (χ0) is 10.4. The van der Waals surface area contributed by atoms with Gasteiger partial charge in [0.05, 0.1) is 0 Å². The Bertz CT molecular complexity index is 271. The third-order valence-electron chi connectivity index (χ3n) is 2.10. The van der Waals surface area contributed by atoms with Crippen LogP contribution in [0.2, 0.25) is 0 Å². The van der Waals surface area contributed by atoms with E-state index in [1.54, 1.807) is 0 Å². The van der Waals surface area contributed by atoms with Crippen LogP contribution >= 0.6 is 0 Å². The van der Waals surface area contributed by atoms with Crippen LogP contribution in [0.3, 0.4) is 0 Å². The van der Waals surface area contributed by atoms with Crippen molar-refractivity contribution in [1.29, 1.82) is 0 Å². The first-order valence-electron chi connectivity index (χ1n) is 5.20. The van der Waals surface area contributed by atoms with Gasteiger partial charge in [0, 0.05) is 6.42 Å². The van der Waals surface area contributed by atoms with E-state index < -0.39 is 6.29 Å². The first-order chi connectivity index (χ1) is 6.77. The van der Waals surface area contributed by atoms with Gasteiger partial charge in [0.1, 0.15) is 5.75 Å². The molecule has 14 heavy (non-hydrogen) atoms. The molecule has 1 N–H and O–H groups in total. The van der Waals surface area contributed by atoms with E-state index in [0.29, 0.717) is 6.42 Å². The standard InChI is InChI=1S/C12H18O2/c1-3-7-10-8-5-6-9-11(10)14-12(13)4-2/h5-6,8-9,12-13H,3-4,7H2,1-2H3. The molecule has 78 valence electrons. The lowest BCUT2D eigenvalue weighted by Gasteiger charge is -2.14. The molecule has 0 amide bonds. The lowest BCUT2D eigenvalue weighted by molar-refractivity contribution is -0.0197. The molecule has 0 saturated heterocycles. The van der Waals surface area contributed by atoms with Crippen LogP contribution in [0.4, 0.5) is 0 Å². The molecule has 0 bridgehead atoms. The fourth-order valence-electron chi connectivity index (χ4n) is 1.32. The van der Waals surface area contributed by atoms with Crippen LogP contribution in [-0.2, 0) is 6.42 Å². The molecule has 0 aliphatic rings. The number of aliphatic hydroxyl groups is 1. The number of aryl methyl sites for hydroxylation is 1. The van der Waals surface area contributed by atoms with Gasteiger partial charge in [-0.05, 0) is 18.1 Å². The predicted molar refractivity (Wildman–Crippen MR) is 57.4 cm³/mol. The molecule has 0 fully saturated rings. The van der Waals surface area contributed by atoms with E-state index in [-0.39, 0.29) is 0 Å². The van der Waals surface area contributed by atoms with Gasteiger partial charge in [-0.15, -0.1) is 0 Å². The van der Waals surface area contributed by atoms with Crippen molar-refractivity contribution in [2.45, 2.75) is 39.4 Å². The molecular weight excluding hydrogens is 176 g/mol. The van der Waals surface area contributed by atoms with Gasteiger partial charge < -0.3 is 9.84 Å².